The highest BCUT2D eigenvalue weighted by molar-refractivity contribution is 5.75. The summed E-state index contributed by atoms with van der Waals surface area (Å²) in [6.45, 7) is 7.16. The molecule has 0 saturated carbocycles. The van der Waals surface area contributed by atoms with Gasteiger partial charge in [-0.25, -0.2) is 0 Å². The first-order valence-electron chi connectivity index (χ1n) is 7.74. The molecule has 24 heavy (non-hydrogen) atoms. The van der Waals surface area contributed by atoms with E-state index in [2.05, 4.69) is 0 Å². The van der Waals surface area contributed by atoms with E-state index in [9.17, 15) is 19.7 Å². The van der Waals surface area contributed by atoms with E-state index in [1.54, 1.807) is 33.8 Å². The Kier molecular flexibility index (Phi) is 6.88. The van der Waals surface area contributed by atoms with E-state index in [1.807, 2.05) is 0 Å². The fourth-order valence-corrected chi connectivity index (χ4v) is 2.21. The Labute approximate surface area is 141 Å². The number of hydrogen-bond donors (Lipinski definition) is 0. The fraction of sp³-hybridized carbons (Fsp3) is 0.529. The van der Waals surface area contributed by atoms with Crippen molar-refractivity contribution in [2.45, 2.75) is 52.1 Å². The van der Waals surface area contributed by atoms with Crippen LogP contribution in [0.2, 0.25) is 0 Å². The second-order valence-corrected chi connectivity index (χ2v) is 6.35. The van der Waals surface area contributed by atoms with Gasteiger partial charge >= 0.3 is 11.9 Å². The number of carbonyl (C=O) groups excluding carboxylic acids is 2. The third kappa shape index (κ3) is 6.76. The van der Waals surface area contributed by atoms with Crippen LogP contribution in [0, 0.1) is 10.1 Å². The monoisotopic (exact) mass is 337 g/mol. The lowest BCUT2D eigenvalue weighted by molar-refractivity contribution is -0.384. The molecule has 0 unspecified atom stereocenters. The smallest absolute Gasteiger partial charge is 0.306 e. The first-order valence-corrected chi connectivity index (χ1v) is 7.74. The number of non-ortho nitro benzene ring substituents is 1. The molecule has 1 rings (SSSR count). The largest absolute Gasteiger partial charge is 0.466 e. The number of hydrogen-bond acceptors (Lipinski definition) is 6. The maximum absolute atomic E-state index is 12.1. The van der Waals surface area contributed by atoms with Crippen molar-refractivity contribution in [3.05, 3.63) is 39.9 Å². The van der Waals surface area contributed by atoms with Gasteiger partial charge < -0.3 is 9.47 Å². The summed E-state index contributed by atoms with van der Waals surface area (Å²) in [6, 6.07) is 5.91. The van der Waals surface area contributed by atoms with Crippen LogP contribution in [0.4, 0.5) is 5.69 Å². The molecule has 0 spiro atoms. The van der Waals surface area contributed by atoms with E-state index >= 15 is 0 Å². The van der Waals surface area contributed by atoms with Gasteiger partial charge in [-0.2, -0.15) is 0 Å². The minimum Gasteiger partial charge on any atom is -0.466 e. The van der Waals surface area contributed by atoms with Crippen LogP contribution in [-0.2, 0) is 19.1 Å². The summed E-state index contributed by atoms with van der Waals surface area (Å²) < 4.78 is 10.2. The van der Waals surface area contributed by atoms with Crippen LogP contribution in [0.25, 0.3) is 0 Å². The van der Waals surface area contributed by atoms with Crippen molar-refractivity contribution >= 4 is 17.6 Å². The molecule has 0 heterocycles. The van der Waals surface area contributed by atoms with Crippen molar-refractivity contribution < 1.29 is 24.0 Å². The summed E-state index contributed by atoms with van der Waals surface area (Å²) in [5, 5.41) is 10.9. The standard InChI is InChI=1S/C17H23NO6/c1-5-23-15(19)10-13(11-16(20)24-17(2,3)4)12-7-6-8-14(9-12)18(21)22/h6-9,13H,5,10-11H2,1-4H3/t13-/m0/s1. The van der Waals surface area contributed by atoms with E-state index in [0.717, 1.165) is 0 Å². The van der Waals surface area contributed by atoms with Crippen LogP contribution in [-0.4, -0.2) is 29.1 Å². The van der Waals surface area contributed by atoms with Gasteiger partial charge in [-0.05, 0) is 33.3 Å². The van der Waals surface area contributed by atoms with Crippen LogP contribution in [0.15, 0.2) is 24.3 Å². The lowest BCUT2D eigenvalue weighted by Crippen LogP contribution is -2.25. The molecule has 7 nitrogen and oxygen atoms in total. The second-order valence-electron chi connectivity index (χ2n) is 6.35. The summed E-state index contributed by atoms with van der Waals surface area (Å²) in [4.78, 5) is 34.3. The molecule has 0 fully saturated rings. The molecule has 0 aromatic heterocycles. The molecule has 0 bridgehead atoms. The number of rotatable bonds is 7. The maximum atomic E-state index is 12.1. The highest BCUT2D eigenvalue weighted by atomic mass is 16.6. The van der Waals surface area contributed by atoms with Crippen molar-refractivity contribution in [1.82, 2.24) is 0 Å². The predicted molar refractivity (Wildman–Crippen MR) is 87.5 cm³/mol. The maximum Gasteiger partial charge on any atom is 0.306 e. The van der Waals surface area contributed by atoms with Crippen molar-refractivity contribution in [2.24, 2.45) is 0 Å². The predicted octanol–water partition coefficient (Wildman–Crippen LogP) is 3.36. The number of nitro benzene ring substituents is 1. The SMILES string of the molecule is CCOC(=O)C[C@@H](CC(=O)OC(C)(C)C)c1cccc([N+](=O)[O-])c1. The van der Waals surface area contributed by atoms with Gasteiger partial charge in [-0.15, -0.1) is 0 Å². The fourth-order valence-electron chi connectivity index (χ4n) is 2.21. The number of nitrogens with zero attached hydrogens (tertiary/aromatic N) is 1. The summed E-state index contributed by atoms with van der Waals surface area (Å²) in [5.74, 6) is -1.47. The molecule has 1 atom stereocenters. The summed E-state index contributed by atoms with van der Waals surface area (Å²) >= 11 is 0. The van der Waals surface area contributed by atoms with Gasteiger partial charge in [0.1, 0.15) is 5.60 Å². The number of carbonyl (C=O) groups is 2. The Morgan fingerprint density at radius 1 is 1.21 bits per heavy atom. The van der Waals surface area contributed by atoms with Crippen molar-refractivity contribution in [3.8, 4) is 0 Å². The molecule has 1 aromatic carbocycles. The van der Waals surface area contributed by atoms with Crippen LogP contribution in [0.1, 0.15) is 52.0 Å². The first-order chi connectivity index (χ1) is 11.1. The van der Waals surface area contributed by atoms with Crippen LogP contribution >= 0.6 is 0 Å². The van der Waals surface area contributed by atoms with Gasteiger partial charge in [0.25, 0.3) is 5.69 Å². The highest BCUT2D eigenvalue weighted by Gasteiger charge is 2.25. The van der Waals surface area contributed by atoms with Gasteiger partial charge in [0.05, 0.1) is 24.4 Å². The lowest BCUT2D eigenvalue weighted by atomic mass is 9.92. The molecule has 1 aromatic rings. The van der Waals surface area contributed by atoms with Gasteiger partial charge in [0.15, 0.2) is 0 Å². The normalized spacial score (nSPS) is 12.3. The average Bonchev–Trinajstić information content (AvgIpc) is 2.45. The van der Waals surface area contributed by atoms with E-state index in [1.165, 1.54) is 18.2 Å². The molecule has 0 amide bonds. The average molecular weight is 337 g/mol. The van der Waals surface area contributed by atoms with E-state index in [0.29, 0.717) is 5.56 Å². The zero-order valence-electron chi connectivity index (χ0n) is 14.4. The topological polar surface area (TPSA) is 95.7 Å². The van der Waals surface area contributed by atoms with Gasteiger partial charge in [0.2, 0.25) is 0 Å². The molecule has 0 N–H and O–H groups in total. The number of esters is 2. The van der Waals surface area contributed by atoms with E-state index in [-0.39, 0.29) is 25.1 Å². The Morgan fingerprint density at radius 2 is 1.83 bits per heavy atom. The Bertz CT molecular complexity index is 605. The van der Waals surface area contributed by atoms with Gasteiger partial charge in [-0.1, -0.05) is 12.1 Å². The lowest BCUT2D eigenvalue weighted by Gasteiger charge is -2.22. The molecule has 0 saturated heterocycles. The summed E-state index contributed by atoms with van der Waals surface area (Å²) in [6.07, 6.45) is -0.106. The summed E-state index contributed by atoms with van der Waals surface area (Å²) in [7, 11) is 0. The highest BCUT2D eigenvalue weighted by Crippen LogP contribution is 2.28. The number of nitro groups is 1. The molecule has 0 aliphatic rings. The van der Waals surface area contributed by atoms with Crippen LogP contribution in [0.5, 0.6) is 0 Å². The molecular weight excluding hydrogens is 314 g/mol. The minimum atomic E-state index is -0.645. The van der Waals surface area contributed by atoms with Gasteiger partial charge in [0, 0.05) is 18.1 Å². The Balaban J connectivity index is 3.00. The van der Waals surface area contributed by atoms with Crippen LogP contribution in [0.3, 0.4) is 0 Å². The minimum absolute atomic E-state index is 0.0474. The van der Waals surface area contributed by atoms with Crippen molar-refractivity contribution in [2.75, 3.05) is 6.61 Å². The first kappa shape index (κ1) is 19.6. The molecular formula is C17H23NO6. The summed E-state index contributed by atoms with van der Waals surface area (Å²) in [5.41, 5.74) is -0.206. The quantitative estimate of drug-likeness (QED) is 0.430. The molecule has 7 heteroatoms. The zero-order valence-corrected chi connectivity index (χ0v) is 14.4. The molecule has 0 radical (unpaired) electrons. The molecule has 132 valence electrons. The van der Waals surface area contributed by atoms with Crippen molar-refractivity contribution in [1.29, 1.82) is 0 Å². The van der Waals surface area contributed by atoms with E-state index < -0.39 is 28.4 Å². The van der Waals surface area contributed by atoms with E-state index in [4.69, 9.17) is 9.47 Å². The second kappa shape index (κ2) is 8.42. The number of ether oxygens (including phenoxy) is 2. The third-order valence-electron chi connectivity index (χ3n) is 3.10. The van der Waals surface area contributed by atoms with Crippen LogP contribution < -0.4 is 0 Å². The zero-order chi connectivity index (χ0) is 18.3. The van der Waals surface area contributed by atoms with Gasteiger partial charge in [-0.3, -0.25) is 19.7 Å². The Morgan fingerprint density at radius 3 is 2.38 bits per heavy atom. The molecule has 0 aliphatic carbocycles. The Hall–Kier alpha value is -2.44. The van der Waals surface area contributed by atoms with Crippen molar-refractivity contribution in [3.63, 3.8) is 0 Å². The molecule has 0 aliphatic heterocycles. The third-order valence-corrected chi connectivity index (χ3v) is 3.10. The number of benzene rings is 1.